The SMILES string of the molecule is CC(NC(=O)[C@@H]1CC=CC[C@@H]1C(=O)O)c1cccc(O)c1. The van der Waals surface area contributed by atoms with Crippen LogP contribution in [0.3, 0.4) is 0 Å². The largest absolute Gasteiger partial charge is 0.508 e. The fourth-order valence-corrected chi connectivity index (χ4v) is 2.57. The summed E-state index contributed by atoms with van der Waals surface area (Å²) in [7, 11) is 0. The summed E-state index contributed by atoms with van der Waals surface area (Å²) in [4.78, 5) is 23.5. The second kappa shape index (κ2) is 6.43. The normalized spacial score (nSPS) is 22.5. The Hall–Kier alpha value is -2.30. The van der Waals surface area contributed by atoms with E-state index >= 15 is 0 Å². The average molecular weight is 289 g/mol. The van der Waals surface area contributed by atoms with Crippen molar-refractivity contribution in [1.29, 1.82) is 0 Å². The lowest BCUT2D eigenvalue weighted by molar-refractivity contribution is -0.147. The Balaban J connectivity index is 2.06. The van der Waals surface area contributed by atoms with Crippen molar-refractivity contribution in [3.63, 3.8) is 0 Å². The minimum Gasteiger partial charge on any atom is -0.508 e. The van der Waals surface area contributed by atoms with Gasteiger partial charge in [0.05, 0.1) is 17.9 Å². The molecule has 112 valence electrons. The van der Waals surface area contributed by atoms with E-state index in [1.807, 2.05) is 6.08 Å². The maximum Gasteiger partial charge on any atom is 0.307 e. The van der Waals surface area contributed by atoms with Crippen LogP contribution in [0.4, 0.5) is 0 Å². The van der Waals surface area contributed by atoms with Crippen molar-refractivity contribution in [2.45, 2.75) is 25.8 Å². The van der Waals surface area contributed by atoms with Crippen molar-refractivity contribution >= 4 is 11.9 Å². The van der Waals surface area contributed by atoms with Gasteiger partial charge in [0.15, 0.2) is 0 Å². The summed E-state index contributed by atoms with van der Waals surface area (Å²) < 4.78 is 0. The van der Waals surface area contributed by atoms with E-state index in [0.717, 1.165) is 5.56 Å². The smallest absolute Gasteiger partial charge is 0.307 e. The van der Waals surface area contributed by atoms with Gasteiger partial charge in [-0.05, 0) is 37.5 Å². The van der Waals surface area contributed by atoms with E-state index < -0.39 is 17.8 Å². The molecule has 21 heavy (non-hydrogen) atoms. The molecule has 2 rings (SSSR count). The number of carboxylic acids is 1. The Morgan fingerprint density at radius 3 is 2.52 bits per heavy atom. The minimum absolute atomic E-state index is 0.137. The highest BCUT2D eigenvalue weighted by Crippen LogP contribution is 2.27. The molecule has 0 aromatic heterocycles. The second-order valence-corrected chi connectivity index (χ2v) is 5.32. The molecule has 5 nitrogen and oxygen atoms in total. The van der Waals surface area contributed by atoms with Crippen LogP contribution in [0.2, 0.25) is 0 Å². The maximum absolute atomic E-state index is 12.3. The number of aliphatic carboxylic acids is 1. The third-order valence-electron chi connectivity index (χ3n) is 3.82. The van der Waals surface area contributed by atoms with Gasteiger partial charge in [0.2, 0.25) is 5.91 Å². The van der Waals surface area contributed by atoms with Gasteiger partial charge >= 0.3 is 5.97 Å². The molecule has 0 saturated heterocycles. The van der Waals surface area contributed by atoms with Crippen LogP contribution in [0.15, 0.2) is 36.4 Å². The Morgan fingerprint density at radius 2 is 1.90 bits per heavy atom. The molecule has 1 aliphatic rings. The van der Waals surface area contributed by atoms with Gasteiger partial charge in [0.1, 0.15) is 5.75 Å². The Kier molecular flexibility index (Phi) is 4.62. The van der Waals surface area contributed by atoms with Crippen LogP contribution in [0.1, 0.15) is 31.4 Å². The van der Waals surface area contributed by atoms with Gasteiger partial charge in [0.25, 0.3) is 0 Å². The number of rotatable bonds is 4. The fourth-order valence-electron chi connectivity index (χ4n) is 2.57. The number of benzene rings is 1. The summed E-state index contributed by atoms with van der Waals surface area (Å²) in [5, 5.41) is 21.5. The topological polar surface area (TPSA) is 86.6 Å². The average Bonchev–Trinajstić information content (AvgIpc) is 2.47. The van der Waals surface area contributed by atoms with Gasteiger partial charge in [-0.3, -0.25) is 9.59 Å². The highest BCUT2D eigenvalue weighted by atomic mass is 16.4. The summed E-state index contributed by atoms with van der Waals surface area (Å²) >= 11 is 0. The molecule has 0 spiro atoms. The number of allylic oxidation sites excluding steroid dienone is 2. The van der Waals surface area contributed by atoms with Crippen LogP contribution in [0.5, 0.6) is 5.75 Å². The van der Waals surface area contributed by atoms with Gasteiger partial charge < -0.3 is 15.5 Å². The number of carboxylic acid groups (broad SMARTS) is 1. The standard InChI is InChI=1S/C16H19NO4/c1-10(11-5-4-6-12(18)9-11)17-15(19)13-7-2-3-8-14(13)16(20)21/h2-6,9-10,13-14,18H,7-8H2,1H3,(H,17,19)(H,20,21)/t10?,13-,14+/m1/s1. The van der Waals surface area contributed by atoms with Crippen LogP contribution in [0, 0.1) is 11.8 Å². The zero-order chi connectivity index (χ0) is 15.4. The molecule has 5 heteroatoms. The number of phenols is 1. The Labute approximate surface area is 123 Å². The molecule has 0 bridgehead atoms. The molecule has 3 atom stereocenters. The van der Waals surface area contributed by atoms with Gasteiger partial charge in [-0.2, -0.15) is 0 Å². The van der Waals surface area contributed by atoms with E-state index in [1.165, 1.54) is 0 Å². The van der Waals surface area contributed by atoms with E-state index in [0.29, 0.717) is 12.8 Å². The first-order valence-corrected chi connectivity index (χ1v) is 6.96. The molecule has 0 heterocycles. The maximum atomic E-state index is 12.3. The highest BCUT2D eigenvalue weighted by Gasteiger charge is 2.34. The molecule has 0 fully saturated rings. The molecule has 0 aliphatic heterocycles. The van der Waals surface area contributed by atoms with Crippen molar-refractivity contribution in [2.75, 3.05) is 0 Å². The lowest BCUT2D eigenvalue weighted by Gasteiger charge is -2.26. The summed E-state index contributed by atoms with van der Waals surface area (Å²) in [6, 6.07) is 6.37. The lowest BCUT2D eigenvalue weighted by Crippen LogP contribution is -2.39. The van der Waals surface area contributed by atoms with Crippen LogP contribution in [0.25, 0.3) is 0 Å². The van der Waals surface area contributed by atoms with E-state index in [4.69, 9.17) is 0 Å². The van der Waals surface area contributed by atoms with Gasteiger partial charge in [-0.15, -0.1) is 0 Å². The Bertz CT molecular complexity index is 567. The van der Waals surface area contributed by atoms with E-state index in [-0.39, 0.29) is 17.7 Å². The summed E-state index contributed by atoms with van der Waals surface area (Å²) in [6.45, 7) is 1.81. The van der Waals surface area contributed by atoms with Crippen LogP contribution in [-0.4, -0.2) is 22.1 Å². The molecule has 1 aromatic carbocycles. The number of aromatic hydroxyl groups is 1. The molecular formula is C16H19NO4. The summed E-state index contributed by atoms with van der Waals surface area (Å²) in [5.41, 5.74) is 0.779. The molecule has 0 radical (unpaired) electrons. The van der Waals surface area contributed by atoms with Gasteiger partial charge in [-0.1, -0.05) is 24.3 Å². The zero-order valence-corrected chi connectivity index (χ0v) is 11.8. The number of carbonyl (C=O) groups excluding carboxylic acids is 1. The fraction of sp³-hybridized carbons (Fsp3) is 0.375. The lowest BCUT2D eigenvalue weighted by atomic mass is 9.82. The predicted octanol–water partition coefficient (Wildman–Crippen LogP) is 2.24. The molecule has 1 aliphatic carbocycles. The molecular weight excluding hydrogens is 270 g/mol. The van der Waals surface area contributed by atoms with Crippen molar-refractivity contribution in [3.8, 4) is 5.75 Å². The predicted molar refractivity (Wildman–Crippen MR) is 77.7 cm³/mol. The minimum atomic E-state index is -0.940. The number of phenolic OH excluding ortho intramolecular Hbond substituents is 1. The van der Waals surface area contributed by atoms with Crippen molar-refractivity contribution in [1.82, 2.24) is 5.32 Å². The van der Waals surface area contributed by atoms with Crippen molar-refractivity contribution in [2.24, 2.45) is 11.8 Å². The number of amides is 1. The number of nitrogens with one attached hydrogen (secondary N) is 1. The summed E-state index contributed by atoms with van der Waals surface area (Å²) in [5.74, 6) is -2.29. The number of hydrogen-bond acceptors (Lipinski definition) is 3. The van der Waals surface area contributed by atoms with Crippen LogP contribution < -0.4 is 5.32 Å². The van der Waals surface area contributed by atoms with Crippen LogP contribution in [-0.2, 0) is 9.59 Å². The van der Waals surface area contributed by atoms with Crippen LogP contribution >= 0.6 is 0 Å². The first kappa shape index (κ1) is 15.1. The molecule has 1 amide bonds. The van der Waals surface area contributed by atoms with E-state index in [1.54, 1.807) is 37.3 Å². The second-order valence-electron chi connectivity index (χ2n) is 5.32. The van der Waals surface area contributed by atoms with Crippen molar-refractivity contribution < 1.29 is 19.8 Å². The van der Waals surface area contributed by atoms with E-state index in [2.05, 4.69) is 5.32 Å². The van der Waals surface area contributed by atoms with Gasteiger partial charge in [-0.25, -0.2) is 0 Å². The Morgan fingerprint density at radius 1 is 1.24 bits per heavy atom. The first-order valence-electron chi connectivity index (χ1n) is 6.96. The first-order chi connectivity index (χ1) is 9.99. The molecule has 1 unspecified atom stereocenters. The van der Waals surface area contributed by atoms with Gasteiger partial charge in [0, 0.05) is 0 Å². The third kappa shape index (κ3) is 3.62. The van der Waals surface area contributed by atoms with Crippen molar-refractivity contribution in [3.05, 3.63) is 42.0 Å². The number of carbonyl (C=O) groups is 2. The molecule has 3 N–H and O–H groups in total. The number of hydrogen-bond donors (Lipinski definition) is 3. The molecule has 0 saturated carbocycles. The zero-order valence-electron chi connectivity index (χ0n) is 11.8. The third-order valence-corrected chi connectivity index (χ3v) is 3.82. The summed E-state index contributed by atoms with van der Waals surface area (Å²) in [6.07, 6.45) is 4.48. The monoisotopic (exact) mass is 289 g/mol. The molecule has 1 aromatic rings. The van der Waals surface area contributed by atoms with E-state index in [9.17, 15) is 19.8 Å². The quantitative estimate of drug-likeness (QED) is 0.742. The highest BCUT2D eigenvalue weighted by molar-refractivity contribution is 5.85.